The molecule has 5 heteroatoms. The number of benzene rings is 2. The molecule has 5 nitrogen and oxygen atoms in total. The van der Waals surface area contributed by atoms with Gasteiger partial charge in [-0.3, -0.25) is 4.79 Å². The number of hydrogen-bond acceptors (Lipinski definition) is 4. The van der Waals surface area contributed by atoms with Crippen LogP contribution in [0.3, 0.4) is 0 Å². The third-order valence-corrected chi connectivity index (χ3v) is 4.93. The molecule has 0 bridgehead atoms. The summed E-state index contributed by atoms with van der Waals surface area (Å²) in [6.45, 7) is 4.02. The quantitative estimate of drug-likeness (QED) is 0.715. The second-order valence-electron chi connectivity index (χ2n) is 6.94. The van der Waals surface area contributed by atoms with Crippen molar-refractivity contribution in [3.8, 4) is 5.75 Å². The molecule has 0 saturated heterocycles. The molecule has 0 saturated carbocycles. The highest BCUT2D eigenvalue weighted by atomic mass is 16.5. The number of aryl methyl sites for hydroxylation is 2. The van der Waals surface area contributed by atoms with Gasteiger partial charge in [0.2, 0.25) is 0 Å². The molecule has 0 heterocycles. The van der Waals surface area contributed by atoms with Crippen molar-refractivity contribution in [2.75, 3.05) is 11.9 Å². The molecule has 2 aromatic rings. The van der Waals surface area contributed by atoms with Gasteiger partial charge >= 0.3 is 5.97 Å². The van der Waals surface area contributed by atoms with Gasteiger partial charge in [0.05, 0.1) is 12.2 Å². The van der Waals surface area contributed by atoms with Crippen LogP contribution in [0.25, 0.3) is 0 Å². The van der Waals surface area contributed by atoms with Gasteiger partial charge in [0.15, 0.2) is 6.10 Å². The number of anilines is 1. The van der Waals surface area contributed by atoms with Crippen LogP contribution in [0.15, 0.2) is 42.5 Å². The number of amides is 1. The number of fused-ring (bicyclic) bond motifs is 1. The Bertz CT molecular complexity index is 829. The first kappa shape index (κ1) is 19.9. The van der Waals surface area contributed by atoms with Crippen molar-refractivity contribution in [1.82, 2.24) is 0 Å². The highest BCUT2D eigenvalue weighted by molar-refractivity contribution is 5.95. The maximum atomic E-state index is 12.6. The number of carbonyl (C=O) groups is 2. The van der Waals surface area contributed by atoms with Gasteiger partial charge in [-0.1, -0.05) is 13.0 Å². The Morgan fingerprint density at radius 2 is 1.71 bits per heavy atom. The van der Waals surface area contributed by atoms with E-state index in [0.29, 0.717) is 24.3 Å². The molecule has 1 atom stereocenters. The van der Waals surface area contributed by atoms with Gasteiger partial charge in [-0.05, 0) is 86.6 Å². The molecule has 0 fully saturated rings. The van der Waals surface area contributed by atoms with E-state index in [0.717, 1.165) is 18.6 Å². The summed E-state index contributed by atoms with van der Waals surface area (Å²) in [5, 5.41) is 2.86. The average Bonchev–Trinajstić information content (AvgIpc) is 2.72. The van der Waals surface area contributed by atoms with Gasteiger partial charge in [-0.15, -0.1) is 0 Å². The maximum absolute atomic E-state index is 12.6. The molecule has 0 spiro atoms. The number of carbonyl (C=O) groups excluding carboxylic acids is 2. The van der Waals surface area contributed by atoms with Gasteiger partial charge in [0.1, 0.15) is 5.75 Å². The average molecular weight is 381 g/mol. The zero-order chi connectivity index (χ0) is 19.9. The maximum Gasteiger partial charge on any atom is 0.338 e. The van der Waals surface area contributed by atoms with Gasteiger partial charge in [0, 0.05) is 5.69 Å². The van der Waals surface area contributed by atoms with E-state index in [-0.39, 0.29) is 11.9 Å². The Morgan fingerprint density at radius 1 is 1.00 bits per heavy atom. The number of rotatable bonds is 7. The van der Waals surface area contributed by atoms with E-state index in [1.165, 1.54) is 24.0 Å². The molecule has 0 radical (unpaired) electrons. The molecule has 0 aliphatic heterocycles. The Balaban J connectivity index is 1.62. The minimum Gasteiger partial charge on any atom is -0.481 e. The summed E-state index contributed by atoms with van der Waals surface area (Å²) in [5.41, 5.74) is 3.79. The summed E-state index contributed by atoms with van der Waals surface area (Å²) < 4.78 is 10.9. The topological polar surface area (TPSA) is 64.6 Å². The lowest BCUT2D eigenvalue weighted by atomic mass is 9.92. The van der Waals surface area contributed by atoms with Gasteiger partial charge in [-0.2, -0.15) is 0 Å². The van der Waals surface area contributed by atoms with Crippen LogP contribution in [0, 0.1) is 0 Å². The molecule has 2 aromatic carbocycles. The first-order chi connectivity index (χ1) is 13.6. The van der Waals surface area contributed by atoms with Crippen LogP contribution in [0.1, 0.15) is 54.6 Å². The van der Waals surface area contributed by atoms with Crippen molar-refractivity contribution in [3.63, 3.8) is 0 Å². The lowest BCUT2D eigenvalue weighted by Gasteiger charge is -2.20. The Kier molecular flexibility index (Phi) is 6.69. The Morgan fingerprint density at radius 3 is 2.39 bits per heavy atom. The van der Waals surface area contributed by atoms with Gasteiger partial charge in [0.25, 0.3) is 5.91 Å². The normalized spacial score (nSPS) is 13.9. The summed E-state index contributed by atoms with van der Waals surface area (Å²) in [6.07, 6.45) is 4.62. The van der Waals surface area contributed by atoms with E-state index in [4.69, 9.17) is 9.47 Å². The predicted molar refractivity (Wildman–Crippen MR) is 109 cm³/mol. The second kappa shape index (κ2) is 9.40. The van der Waals surface area contributed by atoms with Crippen LogP contribution in [0.2, 0.25) is 0 Å². The largest absolute Gasteiger partial charge is 0.481 e. The van der Waals surface area contributed by atoms with Crippen molar-refractivity contribution in [2.45, 2.75) is 52.1 Å². The lowest BCUT2D eigenvalue weighted by molar-refractivity contribution is -0.122. The molecule has 1 aliphatic carbocycles. The van der Waals surface area contributed by atoms with E-state index in [2.05, 4.69) is 17.4 Å². The van der Waals surface area contributed by atoms with Crippen molar-refractivity contribution in [1.29, 1.82) is 0 Å². The summed E-state index contributed by atoms with van der Waals surface area (Å²) in [6, 6.07) is 12.8. The highest BCUT2D eigenvalue weighted by Crippen LogP contribution is 2.26. The third kappa shape index (κ3) is 4.91. The molecular formula is C23H27NO4. The second-order valence-corrected chi connectivity index (χ2v) is 6.94. The van der Waals surface area contributed by atoms with Gasteiger partial charge < -0.3 is 14.8 Å². The van der Waals surface area contributed by atoms with Crippen LogP contribution in [0.4, 0.5) is 5.69 Å². The van der Waals surface area contributed by atoms with Crippen molar-refractivity contribution < 1.29 is 19.1 Å². The molecule has 1 aliphatic rings. The SMILES string of the molecule is CCOC(=O)c1ccc(NC(=O)C(CC)Oc2ccc3c(c2)CCCC3)cc1. The molecule has 0 aromatic heterocycles. The molecule has 1 amide bonds. The minimum atomic E-state index is -0.577. The fraction of sp³-hybridized carbons (Fsp3) is 0.391. The van der Waals surface area contributed by atoms with E-state index < -0.39 is 6.10 Å². The Labute approximate surface area is 166 Å². The van der Waals surface area contributed by atoms with Crippen LogP contribution >= 0.6 is 0 Å². The minimum absolute atomic E-state index is 0.205. The molecule has 1 N–H and O–H groups in total. The molecular weight excluding hydrogens is 354 g/mol. The number of hydrogen-bond donors (Lipinski definition) is 1. The summed E-state index contributed by atoms with van der Waals surface area (Å²) in [5.74, 6) is 0.159. The van der Waals surface area contributed by atoms with Crippen molar-refractivity contribution >= 4 is 17.6 Å². The standard InChI is InChI=1S/C23H27NO4/c1-3-21(28-20-14-11-16-7-5-6-8-18(16)15-20)22(25)24-19-12-9-17(10-13-19)23(26)27-4-2/h9-15,21H,3-8H2,1-2H3,(H,24,25). The number of nitrogens with one attached hydrogen (secondary N) is 1. The molecule has 3 rings (SSSR count). The third-order valence-electron chi connectivity index (χ3n) is 4.93. The molecule has 28 heavy (non-hydrogen) atoms. The smallest absolute Gasteiger partial charge is 0.338 e. The van der Waals surface area contributed by atoms with E-state index >= 15 is 0 Å². The van der Waals surface area contributed by atoms with E-state index in [1.807, 2.05) is 13.0 Å². The summed E-state index contributed by atoms with van der Waals surface area (Å²) in [4.78, 5) is 24.3. The summed E-state index contributed by atoms with van der Waals surface area (Å²) >= 11 is 0. The first-order valence-corrected chi connectivity index (χ1v) is 9.97. The zero-order valence-corrected chi connectivity index (χ0v) is 16.5. The fourth-order valence-electron chi connectivity index (χ4n) is 3.40. The highest BCUT2D eigenvalue weighted by Gasteiger charge is 2.20. The van der Waals surface area contributed by atoms with E-state index in [1.54, 1.807) is 31.2 Å². The lowest BCUT2D eigenvalue weighted by Crippen LogP contribution is -2.32. The van der Waals surface area contributed by atoms with Gasteiger partial charge in [-0.25, -0.2) is 4.79 Å². The van der Waals surface area contributed by atoms with Crippen LogP contribution in [-0.4, -0.2) is 24.6 Å². The summed E-state index contributed by atoms with van der Waals surface area (Å²) in [7, 11) is 0. The Hall–Kier alpha value is -2.82. The first-order valence-electron chi connectivity index (χ1n) is 9.97. The van der Waals surface area contributed by atoms with Crippen LogP contribution < -0.4 is 10.1 Å². The number of esters is 1. The van der Waals surface area contributed by atoms with Crippen molar-refractivity contribution in [3.05, 3.63) is 59.2 Å². The monoisotopic (exact) mass is 381 g/mol. The number of ether oxygens (including phenoxy) is 2. The van der Waals surface area contributed by atoms with Crippen LogP contribution in [0.5, 0.6) is 5.75 Å². The zero-order valence-electron chi connectivity index (χ0n) is 16.5. The van der Waals surface area contributed by atoms with Crippen LogP contribution in [-0.2, 0) is 22.4 Å². The van der Waals surface area contributed by atoms with Crippen molar-refractivity contribution in [2.24, 2.45) is 0 Å². The fourth-order valence-corrected chi connectivity index (χ4v) is 3.40. The molecule has 1 unspecified atom stereocenters. The molecule has 148 valence electrons. The van der Waals surface area contributed by atoms with E-state index in [9.17, 15) is 9.59 Å². The predicted octanol–water partition coefficient (Wildman–Crippen LogP) is 4.54.